The Bertz CT molecular complexity index is 306. The highest BCUT2D eigenvalue weighted by atomic mass is 16.3. The molecule has 3 heteroatoms. The van der Waals surface area contributed by atoms with Gasteiger partial charge < -0.3 is 5.11 Å². The van der Waals surface area contributed by atoms with Crippen LogP contribution in [0.5, 0.6) is 0 Å². The Balaban J connectivity index is 2.33. The molecule has 0 bridgehead atoms. The van der Waals surface area contributed by atoms with Crippen LogP contribution < -0.4 is 0 Å². The van der Waals surface area contributed by atoms with E-state index in [0.29, 0.717) is 25.7 Å². The van der Waals surface area contributed by atoms with Crippen LogP contribution >= 0.6 is 0 Å². The van der Waals surface area contributed by atoms with Crippen molar-refractivity contribution in [3.05, 3.63) is 0 Å². The van der Waals surface area contributed by atoms with Gasteiger partial charge in [0, 0.05) is 18.3 Å². The summed E-state index contributed by atoms with van der Waals surface area (Å²) in [7, 11) is 0. The molecular formula is C11H16O3. The van der Waals surface area contributed by atoms with Gasteiger partial charge in [0.2, 0.25) is 0 Å². The lowest BCUT2D eigenvalue weighted by Crippen LogP contribution is -2.40. The summed E-state index contributed by atoms with van der Waals surface area (Å²) in [5.41, 5.74) is -1.65. The molecule has 0 saturated heterocycles. The Kier molecular flexibility index (Phi) is 1.87. The number of Topliss-reactive ketones (excluding diaryl/α,β-unsaturated/α-hetero) is 2. The molecule has 14 heavy (non-hydrogen) atoms. The third kappa shape index (κ3) is 1.15. The van der Waals surface area contributed by atoms with Gasteiger partial charge in [-0.2, -0.15) is 0 Å². The first-order chi connectivity index (χ1) is 6.36. The van der Waals surface area contributed by atoms with Crippen molar-refractivity contribution in [1.29, 1.82) is 0 Å². The van der Waals surface area contributed by atoms with Crippen LogP contribution in [0.2, 0.25) is 0 Å². The lowest BCUT2D eigenvalue weighted by molar-refractivity contribution is -0.141. The lowest BCUT2D eigenvalue weighted by atomic mass is 9.69. The topological polar surface area (TPSA) is 54.4 Å². The first-order valence-electron chi connectivity index (χ1n) is 5.15. The largest absolute Gasteiger partial charge is 0.382 e. The molecule has 2 fully saturated rings. The minimum Gasteiger partial charge on any atom is -0.382 e. The maximum Gasteiger partial charge on any atom is 0.170 e. The van der Waals surface area contributed by atoms with Gasteiger partial charge >= 0.3 is 0 Å². The maximum atomic E-state index is 11.9. The van der Waals surface area contributed by atoms with Gasteiger partial charge in [0.15, 0.2) is 5.78 Å². The highest BCUT2D eigenvalue weighted by Crippen LogP contribution is 2.52. The average Bonchev–Trinajstić information content (AvgIpc) is 2.25. The van der Waals surface area contributed by atoms with E-state index < -0.39 is 11.0 Å². The molecule has 3 atom stereocenters. The van der Waals surface area contributed by atoms with E-state index in [2.05, 4.69) is 0 Å². The van der Waals surface area contributed by atoms with Crippen LogP contribution in [-0.2, 0) is 9.59 Å². The predicted octanol–water partition coefficient (Wildman–Crippen LogP) is 1.09. The van der Waals surface area contributed by atoms with Crippen molar-refractivity contribution in [2.24, 2.45) is 11.3 Å². The quantitative estimate of drug-likeness (QED) is 0.631. The molecular weight excluding hydrogens is 180 g/mol. The van der Waals surface area contributed by atoms with Crippen LogP contribution in [0.4, 0.5) is 0 Å². The van der Waals surface area contributed by atoms with E-state index in [4.69, 9.17) is 0 Å². The Morgan fingerprint density at radius 2 is 2.00 bits per heavy atom. The summed E-state index contributed by atoms with van der Waals surface area (Å²) in [5.74, 6) is 0.228. The first kappa shape index (κ1) is 9.84. The summed E-state index contributed by atoms with van der Waals surface area (Å²) in [6.45, 7) is 3.47. The van der Waals surface area contributed by atoms with Crippen molar-refractivity contribution in [3.63, 3.8) is 0 Å². The average molecular weight is 196 g/mol. The fourth-order valence-corrected chi connectivity index (χ4v) is 2.99. The van der Waals surface area contributed by atoms with Gasteiger partial charge in [-0.05, 0) is 25.7 Å². The smallest absolute Gasteiger partial charge is 0.170 e. The van der Waals surface area contributed by atoms with Gasteiger partial charge in [-0.15, -0.1) is 0 Å². The zero-order valence-electron chi connectivity index (χ0n) is 8.67. The molecule has 2 saturated carbocycles. The van der Waals surface area contributed by atoms with Crippen molar-refractivity contribution < 1.29 is 14.7 Å². The molecule has 0 aromatic heterocycles. The first-order valence-corrected chi connectivity index (χ1v) is 5.15. The van der Waals surface area contributed by atoms with Crippen molar-refractivity contribution in [3.8, 4) is 0 Å². The van der Waals surface area contributed by atoms with E-state index in [9.17, 15) is 14.7 Å². The van der Waals surface area contributed by atoms with E-state index in [-0.39, 0.29) is 17.5 Å². The van der Waals surface area contributed by atoms with E-state index in [0.717, 1.165) is 0 Å². The highest BCUT2D eigenvalue weighted by Gasteiger charge is 2.58. The normalized spacial score (nSPS) is 48.1. The molecule has 0 amide bonds. The molecule has 1 N–H and O–H groups in total. The van der Waals surface area contributed by atoms with Crippen LogP contribution in [0.1, 0.15) is 39.5 Å². The summed E-state index contributed by atoms with van der Waals surface area (Å²) in [4.78, 5) is 23.2. The van der Waals surface area contributed by atoms with E-state index in [1.54, 1.807) is 6.92 Å². The molecule has 0 spiro atoms. The molecule has 0 aliphatic heterocycles. The van der Waals surface area contributed by atoms with Gasteiger partial charge in [0.25, 0.3) is 0 Å². The van der Waals surface area contributed by atoms with Crippen LogP contribution in [0.3, 0.4) is 0 Å². The van der Waals surface area contributed by atoms with Crippen LogP contribution in [0.15, 0.2) is 0 Å². The number of carbonyl (C=O) groups excluding carboxylic acids is 2. The Hall–Kier alpha value is -0.700. The van der Waals surface area contributed by atoms with Crippen LogP contribution in [0.25, 0.3) is 0 Å². The Morgan fingerprint density at radius 3 is 2.64 bits per heavy atom. The Morgan fingerprint density at radius 1 is 1.36 bits per heavy atom. The minimum absolute atomic E-state index is 0.0613. The second-order valence-corrected chi connectivity index (χ2v) is 5.16. The van der Waals surface area contributed by atoms with Crippen molar-refractivity contribution >= 4 is 11.6 Å². The summed E-state index contributed by atoms with van der Waals surface area (Å²) < 4.78 is 0. The van der Waals surface area contributed by atoms with Gasteiger partial charge in [-0.3, -0.25) is 9.59 Å². The minimum atomic E-state index is -1.20. The van der Waals surface area contributed by atoms with Gasteiger partial charge in [0.1, 0.15) is 11.4 Å². The molecule has 2 aliphatic rings. The molecule has 2 rings (SSSR count). The monoisotopic (exact) mass is 196 g/mol. The third-order valence-corrected chi connectivity index (χ3v) is 3.95. The lowest BCUT2D eigenvalue weighted by Gasteiger charge is -2.33. The van der Waals surface area contributed by atoms with Gasteiger partial charge in [0.05, 0.1) is 0 Å². The number of rotatable bonds is 0. The number of hydrogen-bond donors (Lipinski definition) is 1. The van der Waals surface area contributed by atoms with E-state index >= 15 is 0 Å². The van der Waals surface area contributed by atoms with Gasteiger partial charge in [-0.1, -0.05) is 6.92 Å². The molecule has 78 valence electrons. The number of fused-ring (bicyclic) bond motifs is 1. The summed E-state index contributed by atoms with van der Waals surface area (Å²) in [6, 6.07) is 0. The van der Waals surface area contributed by atoms with Gasteiger partial charge in [-0.25, -0.2) is 0 Å². The van der Waals surface area contributed by atoms with Crippen molar-refractivity contribution in [2.75, 3.05) is 0 Å². The number of ketones is 2. The molecule has 3 unspecified atom stereocenters. The molecule has 3 nitrogen and oxygen atoms in total. The third-order valence-electron chi connectivity index (χ3n) is 3.95. The molecule has 0 radical (unpaired) electrons. The predicted molar refractivity (Wildman–Crippen MR) is 50.7 cm³/mol. The zero-order valence-corrected chi connectivity index (χ0v) is 8.67. The second-order valence-electron chi connectivity index (χ2n) is 5.16. The standard InChI is InChI=1S/C11H16O3/c1-10-4-3-8(12)5-7(10)6-11(2,14)9(10)13/h7,14H,3-6H2,1-2H3. The molecule has 0 aromatic rings. The summed E-state index contributed by atoms with van der Waals surface area (Å²) >= 11 is 0. The van der Waals surface area contributed by atoms with Crippen molar-refractivity contribution in [1.82, 2.24) is 0 Å². The number of aliphatic hydroxyl groups is 1. The molecule has 0 heterocycles. The van der Waals surface area contributed by atoms with E-state index in [1.807, 2.05) is 6.92 Å². The van der Waals surface area contributed by atoms with Crippen LogP contribution in [0, 0.1) is 11.3 Å². The molecule has 2 aliphatic carbocycles. The SMILES string of the molecule is CC1(O)CC2CC(=O)CCC2(C)C1=O. The zero-order chi connectivity index (χ0) is 10.6. The maximum absolute atomic E-state index is 11.9. The van der Waals surface area contributed by atoms with E-state index in [1.165, 1.54) is 0 Å². The fraction of sp³-hybridized carbons (Fsp3) is 0.818. The van der Waals surface area contributed by atoms with Crippen molar-refractivity contribution in [2.45, 2.75) is 45.1 Å². The van der Waals surface area contributed by atoms with Crippen LogP contribution in [-0.4, -0.2) is 22.3 Å². The number of carbonyl (C=O) groups is 2. The number of hydrogen-bond acceptors (Lipinski definition) is 3. The highest BCUT2D eigenvalue weighted by molar-refractivity contribution is 5.96. The summed E-state index contributed by atoms with van der Waals surface area (Å²) in [6.07, 6.45) is 2.03. The second kappa shape index (κ2) is 2.66. The Labute approximate surface area is 83.5 Å². The molecule has 0 aromatic carbocycles. The fourth-order valence-electron chi connectivity index (χ4n) is 2.99. The summed E-state index contributed by atoms with van der Waals surface area (Å²) in [5, 5.41) is 9.88.